The predicted molar refractivity (Wildman–Crippen MR) is 66.3 cm³/mol. The third-order valence-corrected chi connectivity index (χ3v) is 3.40. The Morgan fingerprint density at radius 3 is 2.76 bits per heavy atom. The van der Waals surface area contributed by atoms with Crippen molar-refractivity contribution in [3.05, 3.63) is 23.9 Å². The first-order valence-electron chi connectivity index (χ1n) is 6.42. The fraction of sp³-hybridized carbons (Fsp3) is 0.571. The molecule has 0 atom stereocenters. The van der Waals surface area contributed by atoms with E-state index in [1.54, 1.807) is 18.3 Å². The van der Waals surface area contributed by atoms with Crippen LogP contribution in [-0.2, 0) is 0 Å². The van der Waals surface area contributed by atoms with Crippen molar-refractivity contribution in [2.75, 3.05) is 6.61 Å². The Kier molecular flexibility index (Phi) is 4.54. The number of hydrogen-bond acceptors (Lipinski definition) is 3. The van der Waals surface area contributed by atoms with Gasteiger partial charge in [0.25, 0.3) is 0 Å². The first-order chi connectivity index (χ1) is 8.38. The standard InChI is InChI=1S/C14H19NO2/c16-11-13-6-7-14(15-10-13)17-9-8-12-4-2-1-3-5-12/h6-7,10-12H,1-5,8-9H2. The lowest BCUT2D eigenvalue weighted by atomic mass is 9.87. The molecule has 3 nitrogen and oxygen atoms in total. The van der Waals surface area contributed by atoms with E-state index in [4.69, 9.17) is 4.74 Å². The average molecular weight is 233 g/mol. The largest absolute Gasteiger partial charge is 0.478 e. The summed E-state index contributed by atoms with van der Waals surface area (Å²) in [5, 5.41) is 0. The molecule has 0 N–H and O–H groups in total. The highest BCUT2D eigenvalue weighted by molar-refractivity contribution is 5.73. The minimum atomic E-state index is 0.588. The van der Waals surface area contributed by atoms with Crippen LogP contribution < -0.4 is 4.74 Å². The van der Waals surface area contributed by atoms with E-state index in [1.165, 1.54) is 32.1 Å². The van der Waals surface area contributed by atoms with Crippen LogP contribution >= 0.6 is 0 Å². The van der Waals surface area contributed by atoms with Crippen LogP contribution in [0.3, 0.4) is 0 Å². The molecule has 0 saturated heterocycles. The summed E-state index contributed by atoms with van der Waals surface area (Å²) < 4.78 is 5.58. The van der Waals surface area contributed by atoms with Gasteiger partial charge in [-0.1, -0.05) is 32.1 Å². The number of carbonyl (C=O) groups excluding carboxylic acids is 1. The Labute approximate surface area is 102 Å². The molecule has 1 aliphatic rings. The third-order valence-electron chi connectivity index (χ3n) is 3.40. The number of hydrogen-bond donors (Lipinski definition) is 0. The van der Waals surface area contributed by atoms with Crippen molar-refractivity contribution >= 4 is 6.29 Å². The lowest BCUT2D eigenvalue weighted by Gasteiger charge is -2.21. The molecule has 2 rings (SSSR count). The highest BCUT2D eigenvalue weighted by atomic mass is 16.5. The molecule has 0 radical (unpaired) electrons. The number of carbonyl (C=O) groups is 1. The van der Waals surface area contributed by atoms with Gasteiger partial charge in [0.1, 0.15) is 0 Å². The fourth-order valence-corrected chi connectivity index (χ4v) is 2.35. The number of nitrogens with zero attached hydrogens (tertiary/aromatic N) is 1. The van der Waals surface area contributed by atoms with Crippen molar-refractivity contribution in [3.63, 3.8) is 0 Å². The van der Waals surface area contributed by atoms with E-state index < -0.39 is 0 Å². The average Bonchev–Trinajstić information content (AvgIpc) is 2.41. The van der Waals surface area contributed by atoms with Gasteiger partial charge >= 0.3 is 0 Å². The highest BCUT2D eigenvalue weighted by Crippen LogP contribution is 2.26. The van der Waals surface area contributed by atoms with Crippen molar-refractivity contribution in [2.24, 2.45) is 5.92 Å². The second-order valence-corrected chi connectivity index (χ2v) is 4.69. The molecule has 1 aliphatic carbocycles. The molecule has 1 aromatic rings. The zero-order valence-corrected chi connectivity index (χ0v) is 10.1. The van der Waals surface area contributed by atoms with Crippen LogP contribution in [0, 0.1) is 5.92 Å². The molecular weight excluding hydrogens is 214 g/mol. The van der Waals surface area contributed by atoms with Gasteiger partial charge in [-0.15, -0.1) is 0 Å². The van der Waals surface area contributed by atoms with Gasteiger partial charge in [-0.25, -0.2) is 4.98 Å². The van der Waals surface area contributed by atoms with Crippen LogP contribution in [-0.4, -0.2) is 17.9 Å². The molecule has 1 heterocycles. The van der Waals surface area contributed by atoms with Crippen LogP contribution in [0.5, 0.6) is 5.88 Å². The minimum absolute atomic E-state index is 0.588. The van der Waals surface area contributed by atoms with Gasteiger partial charge in [-0.05, 0) is 18.4 Å². The predicted octanol–water partition coefficient (Wildman–Crippen LogP) is 3.24. The maximum absolute atomic E-state index is 10.5. The molecule has 1 aromatic heterocycles. The van der Waals surface area contributed by atoms with Gasteiger partial charge in [0.05, 0.1) is 6.61 Å². The first kappa shape index (κ1) is 12.1. The summed E-state index contributed by atoms with van der Waals surface area (Å²) in [6.45, 7) is 0.734. The van der Waals surface area contributed by atoms with Gasteiger partial charge in [-0.2, -0.15) is 0 Å². The Bertz CT molecular complexity index is 342. The molecule has 0 unspecified atom stereocenters. The number of aldehydes is 1. The normalized spacial score (nSPS) is 16.7. The number of aromatic nitrogens is 1. The van der Waals surface area contributed by atoms with Crippen molar-refractivity contribution < 1.29 is 9.53 Å². The SMILES string of the molecule is O=Cc1ccc(OCCC2CCCCC2)nc1. The van der Waals surface area contributed by atoms with Crippen LogP contribution in [0.25, 0.3) is 0 Å². The summed E-state index contributed by atoms with van der Waals surface area (Å²) in [5.41, 5.74) is 0.588. The monoisotopic (exact) mass is 233 g/mol. The minimum Gasteiger partial charge on any atom is -0.478 e. The zero-order chi connectivity index (χ0) is 11.9. The molecule has 3 heteroatoms. The van der Waals surface area contributed by atoms with E-state index in [1.807, 2.05) is 0 Å². The molecule has 0 bridgehead atoms. The second kappa shape index (κ2) is 6.38. The zero-order valence-electron chi connectivity index (χ0n) is 10.1. The molecular formula is C14H19NO2. The van der Waals surface area contributed by atoms with Crippen LogP contribution in [0.15, 0.2) is 18.3 Å². The van der Waals surface area contributed by atoms with Crippen molar-refractivity contribution in [1.29, 1.82) is 0 Å². The molecule has 0 aliphatic heterocycles. The van der Waals surface area contributed by atoms with E-state index in [0.717, 1.165) is 25.2 Å². The van der Waals surface area contributed by atoms with E-state index in [0.29, 0.717) is 11.4 Å². The van der Waals surface area contributed by atoms with Gasteiger partial charge in [-0.3, -0.25) is 4.79 Å². The molecule has 0 spiro atoms. The van der Waals surface area contributed by atoms with E-state index in [-0.39, 0.29) is 0 Å². The van der Waals surface area contributed by atoms with E-state index >= 15 is 0 Å². The highest BCUT2D eigenvalue weighted by Gasteiger charge is 2.13. The summed E-state index contributed by atoms with van der Waals surface area (Å²) in [5.74, 6) is 1.45. The van der Waals surface area contributed by atoms with Gasteiger partial charge in [0, 0.05) is 17.8 Å². The third kappa shape index (κ3) is 3.84. The summed E-state index contributed by atoms with van der Waals surface area (Å²) >= 11 is 0. The Hall–Kier alpha value is -1.38. The van der Waals surface area contributed by atoms with Crippen molar-refractivity contribution in [3.8, 4) is 5.88 Å². The quantitative estimate of drug-likeness (QED) is 0.733. The molecule has 1 fully saturated rings. The molecule has 17 heavy (non-hydrogen) atoms. The first-order valence-corrected chi connectivity index (χ1v) is 6.42. The summed E-state index contributed by atoms with van der Waals surface area (Å²) in [7, 11) is 0. The lowest BCUT2D eigenvalue weighted by molar-refractivity contribution is 0.112. The van der Waals surface area contributed by atoms with Crippen molar-refractivity contribution in [1.82, 2.24) is 4.98 Å². The van der Waals surface area contributed by atoms with Gasteiger partial charge < -0.3 is 4.74 Å². The topological polar surface area (TPSA) is 39.2 Å². The second-order valence-electron chi connectivity index (χ2n) is 4.69. The summed E-state index contributed by atoms with van der Waals surface area (Å²) in [6.07, 6.45) is 10.3. The number of pyridine rings is 1. The molecule has 1 saturated carbocycles. The maximum Gasteiger partial charge on any atom is 0.213 e. The summed E-state index contributed by atoms with van der Waals surface area (Å²) in [4.78, 5) is 14.5. The van der Waals surface area contributed by atoms with E-state index in [2.05, 4.69) is 4.98 Å². The number of rotatable bonds is 5. The maximum atomic E-state index is 10.5. The van der Waals surface area contributed by atoms with Crippen LogP contribution in [0.1, 0.15) is 48.9 Å². The van der Waals surface area contributed by atoms with Crippen molar-refractivity contribution in [2.45, 2.75) is 38.5 Å². The van der Waals surface area contributed by atoms with Gasteiger partial charge in [0.15, 0.2) is 6.29 Å². The Balaban J connectivity index is 1.71. The smallest absolute Gasteiger partial charge is 0.213 e. The van der Waals surface area contributed by atoms with E-state index in [9.17, 15) is 4.79 Å². The fourth-order valence-electron chi connectivity index (χ4n) is 2.35. The van der Waals surface area contributed by atoms with Gasteiger partial charge in [0.2, 0.25) is 5.88 Å². The number of ether oxygens (including phenoxy) is 1. The molecule has 92 valence electrons. The lowest BCUT2D eigenvalue weighted by Crippen LogP contribution is -2.11. The van der Waals surface area contributed by atoms with Crippen LogP contribution in [0.2, 0.25) is 0 Å². The molecule has 0 aromatic carbocycles. The Morgan fingerprint density at radius 1 is 1.29 bits per heavy atom. The van der Waals surface area contributed by atoms with Crippen LogP contribution in [0.4, 0.5) is 0 Å². The summed E-state index contributed by atoms with van der Waals surface area (Å²) in [6, 6.07) is 3.49. The molecule has 0 amide bonds. The Morgan fingerprint density at radius 2 is 2.12 bits per heavy atom.